The molecule has 0 aromatic carbocycles. The number of aromatic nitrogens is 4. The number of aromatic amines is 1. The highest BCUT2D eigenvalue weighted by Gasteiger charge is 2.22. The second kappa shape index (κ2) is 11.5. The number of fused-ring (bicyclic) bond motifs is 1. The molecule has 2 unspecified atom stereocenters. The average Bonchev–Trinajstić information content (AvgIpc) is 3.15. The maximum Gasteiger partial charge on any atom is 0.280 e. The molecule has 30 heavy (non-hydrogen) atoms. The smallest absolute Gasteiger partial charge is 0.280 e. The fourth-order valence-corrected chi connectivity index (χ4v) is 3.40. The van der Waals surface area contributed by atoms with Gasteiger partial charge in [0.25, 0.3) is 5.56 Å². The number of carbonyl (C=O) groups is 1. The lowest BCUT2D eigenvalue weighted by molar-refractivity contribution is -0.118. The Bertz CT molecular complexity index is 882. The number of hydrogen-bond donors (Lipinski definition) is 2. The van der Waals surface area contributed by atoms with E-state index >= 15 is 0 Å². The molecule has 0 aliphatic rings. The van der Waals surface area contributed by atoms with Crippen LogP contribution in [-0.2, 0) is 23.3 Å². The first-order valence-corrected chi connectivity index (χ1v) is 11.0. The zero-order chi connectivity index (χ0) is 22.3. The average molecular weight is 443 g/mol. The third-order valence-corrected chi connectivity index (χ3v) is 5.70. The van der Waals surface area contributed by atoms with Crippen molar-refractivity contribution in [3.8, 4) is 0 Å². The summed E-state index contributed by atoms with van der Waals surface area (Å²) in [5.41, 5.74) is 0.0353. The van der Waals surface area contributed by atoms with Gasteiger partial charge in [0.1, 0.15) is 12.6 Å². The van der Waals surface area contributed by atoms with Crippen molar-refractivity contribution in [2.75, 3.05) is 33.0 Å². The lowest BCUT2D eigenvalue weighted by Gasteiger charge is -2.24. The number of rotatable bonds is 12. The van der Waals surface area contributed by atoms with E-state index in [-0.39, 0.29) is 29.4 Å². The molecule has 0 spiro atoms. The molecule has 2 aromatic rings. The van der Waals surface area contributed by atoms with Crippen LogP contribution in [0.25, 0.3) is 11.2 Å². The molecule has 0 radical (unpaired) electrons. The van der Waals surface area contributed by atoms with Gasteiger partial charge in [-0.2, -0.15) is 4.98 Å². The highest BCUT2D eigenvalue weighted by Crippen LogP contribution is 2.36. The molecule has 11 nitrogen and oxygen atoms in total. The number of anilines is 1. The Labute approximate surface area is 176 Å². The molecule has 1 amide bonds. The first kappa shape index (κ1) is 24.4. The Hall–Kier alpha value is -1.91. The van der Waals surface area contributed by atoms with Crippen LogP contribution in [0.3, 0.4) is 0 Å². The van der Waals surface area contributed by atoms with Gasteiger partial charge in [-0.25, -0.2) is 4.98 Å². The van der Waals surface area contributed by atoms with E-state index in [9.17, 15) is 9.59 Å². The Kier molecular flexibility index (Phi) is 9.32. The van der Waals surface area contributed by atoms with Gasteiger partial charge < -0.3 is 18.5 Å². The van der Waals surface area contributed by atoms with E-state index in [1.807, 2.05) is 6.92 Å². The molecular formula is C18H30N5O6P. The predicted molar refractivity (Wildman–Crippen MR) is 113 cm³/mol. The third-order valence-electron chi connectivity index (χ3n) is 4.52. The van der Waals surface area contributed by atoms with Crippen molar-refractivity contribution in [3.05, 3.63) is 16.7 Å². The number of imidazole rings is 1. The molecule has 2 atom stereocenters. The minimum Gasteiger partial charge on any atom is -0.369 e. The number of hydrogen-bond acceptors (Lipinski definition) is 8. The number of carbonyl (C=O) groups excluding carboxylic acids is 1. The van der Waals surface area contributed by atoms with Crippen molar-refractivity contribution in [3.63, 3.8) is 0 Å². The summed E-state index contributed by atoms with van der Waals surface area (Å²) in [5, 5.41) is 2.61. The fourth-order valence-electron chi connectivity index (χ4n) is 2.70. The van der Waals surface area contributed by atoms with Crippen molar-refractivity contribution in [2.45, 2.75) is 45.9 Å². The molecule has 2 N–H and O–H groups in total. The number of H-pyrrole nitrogens is 1. The predicted octanol–water partition coefficient (Wildman–Crippen LogP) is 2.61. The van der Waals surface area contributed by atoms with Gasteiger partial charge in [0.15, 0.2) is 19.5 Å². The topological polar surface area (TPSA) is 130 Å². The van der Waals surface area contributed by atoms with Crippen LogP contribution in [0.2, 0.25) is 0 Å². The molecule has 0 aliphatic heterocycles. The number of methoxy groups -OCH3 is 1. The van der Waals surface area contributed by atoms with Crippen molar-refractivity contribution in [2.24, 2.45) is 5.92 Å². The molecular weight excluding hydrogens is 413 g/mol. The van der Waals surface area contributed by atoms with Gasteiger partial charge in [-0.15, -0.1) is 0 Å². The minimum atomic E-state index is -1.10. The summed E-state index contributed by atoms with van der Waals surface area (Å²) < 4.78 is 23.7. The molecule has 2 rings (SSSR count). The zero-order valence-corrected chi connectivity index (χ0v) is 19.1. The normalized spacial score (nSPS) is 13.9. The molecule has 12 heteroatoms. The van der Waals surface area contributed by atoms with Crippen LogP contribution < -0.4 is 10.9 Å². The number of nitrogens with zero attached hydrogens (tertiary/aromatic N) is 3. The maximum atomic E-state index is 12.4. The van der Waals surface area contributed by atoms with Crippen LogP contribution in [0.4, 0.5) is 5.95 Å². The van der Waals surface area contributed by atoms with E-state index in [0.29, 0.717) is 18.4 Å². The Morgan fingerprint density at radius 2 is 2.00 bits per heavy atom. The van der Waals surface area contributed by atoms with Crippen LogP contribution in [0.1, 0.15) is 39.8 Å². The fraction of sp³-hybridized carbons (Fsp3) is 0.667. The highest BCUT2D eigenvalue weighted by molar-refractivity contribution is 7.46. The quantitative estimate of drug-likeness (QED) is 0.479. The standard InChI is InChI=1S/C18H30N5O6P/c1-7-12(29-10-30(27-5)28-6)8-13(26-4)23-9-19-14-15(23)20-18(22-17(14)25)21-16(24)11(2)3/h9,11-13H,7-8,10H2,1-6H3,(H2,20,21,22,24,25). The number of nitrogens with one attached hydrogen (secondary N) is 2. The molecule has 2 heterocycles. The Morgan fingerprint density at radius 3 is 2.57 bits per heavy atom. The lowest BCUT2D eigenvalue weighted by atomic mass is 10.2. The van der Waals surface area contributed by atoms with E-state index in [1.54, 1.807) is 39.7 Å². The van der Waals surface area contributed by atoms with Crippen molar-refractivity contribution in [1.29, 1.82) is 0 Å². The van der Waals surface area contributed by atoms with Gasteiger partial charge in [0.05, 0.1) is 12.4 Å². The maximum absolute atomic E-state index is 12.4. The minimum absolute atomic E-state index is 0.0666. The van der Waals surface area contributed by atoms with Crippen LogP contribution in [0, 0.1) is 5.92 Å². The van der Waals surface area contributed by atoms with E-state index < -0.39 is 20.2 Å². The summed E-state index contributed by atoms with van der Waals surface area (Å²) in [6, 6.07) is 0. The van der Waals surface area contributed by atoms with Gasteiger partial charge in [0, 0.05) is 33.7 Å². The van der Waals surface area contributed by atoms with Crippen molar-refractivity contribution in [1.82, 2.24) is 19.5 Å². The van der Waals surface area contributed by atoms with Crippen molar-refractivity contribution < 1.29 is 23.3 Å². The van der Waals surface area contributed by atoms with Gasteiger partial charge in [0.2, 0.25) is 11.9 Å². The summed E-state index contributed by atoms with van der Waals surface area (Å²) in [6.07, 6.45) is 2.47. The Balaban J connectivity index is 2.26. The molecule has 0 saturated heterocycles. The van der Waals surface area contributed by atoms with Gasteiger partial charge in [-0.1, -0.05) is 20.8 Å². The van der Waals surface area contributed by atoms with Crippen LogP contribution in [-0.4, -0.2) is 59.2 Å². The van der Waals surface area contributed by atoms with Gasteiger partial charge in [-0.05, 0) is 6.42 Å². The lowest BCUT2D eigenvalue weighted by Crippen LogP contribution is -2.24. The van der Waals surface area contributed by atoms with E-state index in [0.717, 1.165) is 6.42 Å². The summed E-state index contributed by atoms with van der Waals surface area (Å²) in [5.74, 6) is -0.439. The zero-order valence-electron chi connectivity index (χ0n) is 18.2. The van der Waals surface area contributed by atoms with Crippen LogP contribution in [0.5, 0.6) is 0 Å². The second-order valence-corrected chi connectivity index (χ2v) is 8.49. The molecule has 0 fully saturated rings. The highest BCUT2D eigenvalue weighted by atomic mass is 31.2. The number of amides is 1. The first-order chi connectivity index (χ1) is 14.3. The molecule has 0 saturated carbocycles. The molecule has 2 aromatic heterocycles. The summed E-state index contributed by atoms with van der Waals surface area (Å²) in [6.45, 7) is 5.51. The molecule has 168 valence electrons. The van der Waals surface area contributed by atoms with Gasteiger partial charge >= 0.3 is 0 Å². The third kappa shape index (κ3) is 6.05. The van der Waals surface area contributed by atoms with E-state index in [4.69, 9.17) is 18.5 Å². The molecule has 0 aliphatic carbocycles. The largest absolute Gasteiger partial charge is 0.369 e. The SMILES string of the molecule is CCC(CC(OC)n1cnc2c(=O)[nH]c(NC(=O)C(C)C)nc21)OCP(OC)OC. The summed E-state index contributed by atoms with van der Waals surface area (Å²) in [4.78, 5) is 35.4. The Morgan fingerprint density at radius 1 is 1.30 bits per heavy atom. The van der Waals surface area contributed by atoms with E-state index in [2.05, 4.69) is 20.3 Å². The summed E-state index contributed by atoms with van der Waals surface area (Å²) in [7, 11) is 3.62. The van der Waals surface area contributed by atoms with Gasteiger partial charge in [-0.3, -0.25) is 24.5 Å². The van der Waals surface area contributed by atoms with Crippen LogP contribution >= 0.6 is 8.38 Å². The summed E-state index contributed by atoms with van der Waals surface area (Å²) >= 11 is 0. The van der Waals surface area contributed by atoms with E-state index in [1.165, 1.54) is 6.33 Å². The molecule has 0 bridgehead atoms. The monoisotopic (exact) mass is 443 g/mol. The number of ether oxygens (including phenoxy) is 2. The van der Waals surface area contributed by atoms with Crippen LogP contribution in [0.15, 0.2) is 11.1 Å². The van der Waals surface area contributed by atoms with Crippen molar-refractivity contribution >= 4 is 31.4 Å². The first-order valence-electron chi connectivity index (χ1n) is 9.62. The second-order valence-electron chi connectivity index (χ2n) is 6.83.